The number of benzene rings is 1. The van der Waals surface area contributed by atoms with E-state index in [2.05, 4.69) is 31.5 Å². The lowest BCUT2D eigenvalue weighted by Gasteiger charge is -2.16. The molecule has 0 radical (unpaired) electrons. The number of nitrogens with zero attached hydrogens (tertiary/aromatic N) is 1. The number of nitrogens with one attached hydrogen (secondary N) is 2. The Kier molecular flexibility index (Phi) is 5.81. The fourth-order valence-corrected chi connectivity index (χ4v) is 2.46. The molecule has 1 heterocycles. The number of methoxy groups -OCH3 is 2. The van der Waals surface area contributed by atoms with Crippen molar-refractivity contribution in [1.82, 2.24) is 10.3 Å². The molecular formula is C16H18BrN3O3. The molecule has 2 rings (SSSR count). The van der Waals surface area contributed by atoms with Gasteiger partial charge in [-0.1, -0.05) is 0 Å². The van der Waals surface area contributed by atoms with Gasteiger partial charge in [-0.25, -0.2) is 4.79 Å². The molecule has 2 aromatic rings. The molecule has 0 fully saturated rings. The topological polar surface area (TPSA) is 72.5 Å². The van der Waals surface area contributed by atoms with Crippen molar-refractivity contribution in [3.8, 4) is 11.5 Å². The zero-order valence-electron chi connectivity index (χ0n) is 13.1. The van der Waals surface area contributed by atoms with E-state index in [0.29, 0.717) is 21.7 Å². The van der Waals surface area contributed by atoms with Crippen LogP contribution in [0, 0.1) is 0 Å². The van der Waals surface area contributed by atoms with Crippen LogP contribution in [-0.2, 0) is 0 Å². The average molecular weight is 380 g/mol. The minimum Gasteiger partial charge on any atom is -0.493 e. The summed E-state index contributed by atoms with van der Waals surface area (Å²) in [6.45, 7) is 1.90. The molecule has 6 nitrogen and oxygen atoms in total. The molecule has 1 aromatic heterocycles. The average Bonchev–Trinajstić information content (AvgIpc) is 2.56. The molecule has 2 amide bonds. The summed E-state index contributed by atoms with van der Waals surface area (Å²) in [6.07, 6.45) is 3.38. The highest BCUT2D eigenvalue weighted by molar-refractivity contribution is 9.10. The normalized spacial score (nSPS) is 11.5. The molecule has 0 aliphatic rings. The summed E-state index contributed by atoms with van der Waals surface area (Å²) >= 11 is 3.40. The first-order valence-electron chi connectivity index (χ1n) is 6.94. The predicted octanol–water partition coefficient (Wildman–Crippen LogP) is 3.74. The zero-order chi connectivity index (χ0) is 16.8. The van der Waals surface area contributed by atoms with E-state index >= 15 is 0 Å². The highest BCUT2D eigenvalue weighted by Crippen LogP contribution is 2.36. The Bertz CT molecular complexity index is 680. The molecule has 23 heavy (non-hydrogen) atoms. The third-order valence-corrected chi connectivity index (χ3v) is 3.93. The number of pyridine rings is 1. The van der Waals surface area contributed by atoms with Gasteiger partial charge in [-0.3, -0.25) is 4.98 Å². The second kappa shape index (κ2) is 7.82. The molecule has 1 aromatic carbocycles. The van der Waals surface area contributed by atoms with Crippen LogP contribution in [-0.4, -0.2) is 25.2 Å². The molecule has 0 bridgehead atoms. The second-order valence-electron chi connectivity index (χ2n) is 4.79. The van der Waals surface area contributed by atoms with E-state index in [1.807, 2.05) is 19.1 Å². The first kappa shape index (κ1) is 17.1. The van der Waals surface area contributed by atoms with Crippen LogP contribution in [0.5, 0.6) is 11.5 Å². The number of amides is 2. The monoisotopic (exact) mass is 379 g/mol. The van der Waals surface area contributed by atoms with Crippen LogP contribution in [0.3, 0.4) is 0 Å². The van der Waals surface area contributed by atoms with Crippen LogP contribution < -0.4 is 20.1 Å². The quantitative estimate of drug-likeness (QED) is 0.829. The van der Waals surface area contributed by atoms with E-state index in [0.717, 1.165) is 5.56 Å². The van der Waals surface area contributed by atoms with Gasteiger partial charge in [0.2, 0.25) is 0 Å². The van der Waals surface area contributed by atoms with Crippen molar-refractivity contribution in [2.24, 2.45) is 0 Å². The smallest absolute Gasteiger partial charge is 0.319 e. The lowest BCUT2D eigenvalue weighted by Crippen LogP contribution is -2.31. The molecule has 0 saturated carbocycles. The summed E-state index contributed by atoms with van der Waals surface area (Å²) in [6, 6.07) is 6.69. The first-order chi connectivity index (χ1) is 11.0. The molecule has 1 atom stereocenters. The minimum atomic E-state index is -0.317. The van der Waals surface area contributed by atoms with Gasteiger partial charge < -0.3 is 20.1 Å². The van der Waals surface area contributed by atoms with Crippen molar-refractivity contribution in [2.45, 2.75) is 13.0 Å². The molecular weight excluding hydrogens is 362 g/mol. The van der Waals surface area contributed by atoms with Crippen LogP contribution >= 0.6 is 15.9 Å². The lowest BCUT2D eigenvalue weighted by molar-refractivity contribution is 0.249. The van der Waals surface area contributed by atoms with Gasteiger partial charge in [0.15, 0.2) is 11.5 Å². The van der Waals surface area contributed by atoms with Crippen LogP contribution in [0.1, 0.15) is 18.5 Å². The number of rotatable bonds is 5. The SMILES string of the molecule is COc1cc(Br)c(NC(=O)NC(C)c2ccncc2)cc1OC. The molecule has 0 aliphatic carbocycles. The zero-order valence-corrected chi connectivity index (χ0v) is 14.7. The maximum Gasteiger partial charge on any atom is 0.319 e. The van der Waals surface area contributed by atoms with Crippen LogP contribution in [0.4, 0.5) is 10.5 Å². The van der Waals surface area contributed by atoms with Gasteiger partial charge in [-0.05, 0) is 40.5 Å². The van der Waals surface area contributed by atoms with Gasteiger partial charge in [-0.15, -0.1) is 0 Å². The van der Waals surface area contributed by atoms with E-state index in [1.54, 1.807) is 38.7 Å². The van der Waals surface area contributed by atoms with Crippen LogP contribution in [0.25, 0.3) is 0 Å². The predicted molar refractivity (Wildman–Crippen MR) is 92.1 cm³/mol. The second-order valence-corrected chi connectivity index (χ2v) is 5.64. The van der Waals surface area contributed by atoms with E-state index in [9.17, 15) is 4.79 Å². The molecule has 0 aliphatic heterocycles. The summed E-state index contributed by atoms with van der Waals surface area (Å²) < 4.78 is 11.1. The van der Waals surface area contributed by atoms with Gasteiger partial charge in [0.1, 0.15) is 0 Å². The summed E-state index contributed by atoms with van der Waals surface area (Å²) in [5.41, 5.74) is 1.56. The van der Waals surface area contributed by atoms with Gasteiger partial charge in [0.05, 0.1) is 25.9 Å². The number of carbonyl (C=O) groups excluding carboxylic acids is 1. The van der Waals surface area contributed by atoms with Crippen molar-refractivity contribution in [3.05, 3.63) is 46.7 Å². The number of ether oxygens (including phenoxy) is 2. The Balaban J connectivity index is 2.08. The van der Waals surface area contributed by atoms with Crippen LogP contribution in [0.15, 0.2) is 41.1 Å². The fourth-order valence-electron chi connectivity index (χ4n) is 2.04. The molecule has 122 valence electrons. The number of carbonyl (C=O) groups is 1. The Labute approximate surface area is 143 Å². The number of urea groups is 1. The summed E-state index contributed by atoms with van der Waals surface area (Å²) in [5, 5.41) is 5.66. The molecule has 7 heteroatoms. The molecule has 1 unspecified atom stereocenters. The Morgan fingerprint density at radius 2 is 1.78 bits per heavy atom. The fraction of sp³-hybridized carbons (Fsp3) is 0.250. The maximum absolute atomic E-state index is 12.2. The Morgan fingerprint density at radius 1 is 1.17 bits per heavy atom. The van der Waals surface area contributed by atoms with Crippen molar-refractivity contribution >= 4 is 27.6 Å². The number of hydrogen-bond acceptors (Lipinski definition) is 4. The summed E-state index contributed by atoms with van der Waals surface area (Å²) in [7, 11) is 3.10. The van der Waals surface area contributed by atoms with Crippen LogP contribution in [0.2, 0.25) is 0 Å². The molecule has 0 spiro atoms. The van der Waals surface area contributed by atoms with Gasteiger partial charge in [0.25, 0.3) is 0 Å². The van der Waals surface area contributed by atoms with Gasteiger partial charge in [0, 0.05) is 29.0 Å². The highest BCUT2D eigenvalue weighted by Gasteiger charge is 2.14. The molecule has 2 N–H and O–H groups in total. The maximum atomic E-state index is 12.2. The van der Waals surface area contributed by atoms with E-state index in [-0.39, 0.29) is 12.1 Å². The Hall–Kier alpha value is -2.28. The lowest BCUT2D eigenvalue weighted by atomic mass is 10.1. The van der Waals surface area contributed by atoms with E-state index < -0.39 is 0 Å². The minimum absolute atomic E-state index is 0.142. The molecule has 0 saturated heterocycles. The van der Waals surface area contributed by atoms with Gasteiger partial charge >= 0.3 is 6.03 Å². The number of anilines is 1. The largest absolute Gasteiger partial charge is 0.493 e. The van der Waals surface area contributed by atoms with E-state index in [1.165, 1.54) is 0 Å². The van der Waals surface area contributed by atoms with Crippen molar-refractivity contribution < 1.29 is 14.3 Å². The van der Waals surface area contributed by atoms with Crippen molar-refractivity contribution in [1.29, 1.82) is 0 Å². The van der Waals surface area contributed by atoms with Gasteiger partial charge in [-0.2, -0.15) is 0 Å². The van der Waals surface area contributed by atoms with E-state index in [4.69, 9.17) is 9.47 Å². The summed E-state index contributed by atoms with van der Waals surface area (Å²) in [4.78, 5) is 16.1. The number of aromatic nitrogens is 1. The third-order valence-electron chi connectivity index (χ3n) is 3.28. The highest BCUT2D eigenvalue weighted by atomic mass is 79.9. The number of halogens is 1. The third kappa shape index (κ3) is 4.35. The Morgan fingerprint density at radius 3 is 2.39 bits per heavy atom. The van der Waals surface area contributed by atoms with Crippen molar-refractivity contribution in [2.75, 3.05) is 19.5 Å². The van der Waals surface area contributed by atoms with Crippen molar-refractivity contribution in [3.63, 3.8) is 0 Å². The first-order valence-corrected chi connectivity index (χ1v) is 7.73. The number of hydrogen-bond donors (Lipinski definition) is 2. The standard InChI is InChI=1S/C16H18BrN3O3/c1-10(11-4-6-18-7-5-11)19-16(21)20-13-9-15(23-3)14(22-2)8-12(13)17/h4-10H,1-3H3,(H2,19,20,21). The summed E-state index contributed by atoms with van der Waals surface area (Å²) in [5.74, 6) is 1.11.